The fourth-order valence-corrected chi connectivity index (χ4v) is 2.84. The van der Waals surface area contributed by atoms with Crippen LogP contribution in [0.4, 0.5) is 5.13 Å². The number of nitrogens with two attached hydrogens (primary N) is 1. The number of thiazole rings is 1. The number of carbonyl (C=O) groups is 2. The molecule has 0 saturated carbocycles. The van der Waals surface area contributed by atoms with Crippen LogP contribution in [0.3, 0.4) is 0 Å². The predicted molar refractivity (Wildman–Crippen MR) is 102 cm³/mol. The number of nitrogens with one attached hydrogen (secondary N) is 2. The molecule has 2 amide bonds. The summed E-state index contributed by atoms with van der Waals surface area (Å²) in [6.07, 6.45) is 2.07. The number of hydrogen-bond donors (Lipinski definition) is 3. The minimum atomic E-state index is -0.678. The van der Waals surface area contributed by atoms with E-state index in [1.54, 1.807) is 30.3 Å². The summed E-state index contributed by atoms with van der Waals surface area (Å²) in [5.41, 5.74) is 0.406. The van der Waals surface area contributed by atoms with Gasteiger partial charge in [-0.2, -0.15) is 0 Å². The highest BCUT2D eigenvalue weighted by Crippen LogP contribution is 2.17. The van der Waals surface area contributed by atoms with Gasteiger partial charge in [0.25, 0.3) is 11.8 Å². The average molecular weight is 377 g/mol. The number of thiocarbonyl (C=S) groups is 1. The Bertz CT molecular complexity index is 748. The van der Waals surface area contributed by atoms with Gasteiger partial charge in [-0.25, -0.2) is 15.8 Å². The van der Waals surface area contributed by atoms with Gasteiger partial charge in [-0.1, -0.05) is 31.5 Å². The zero-order valence-corrected chi connectivity index (χ0v) is 15.3. The number of hydrazine groups is 1. The van der Waals surface area contributed by atoms with E-state index in [1.165, 1.54) is 16.7 Å². The number of carbonyl (C=O) groups excluding carboxylic acids is 2. The third-order valence-corrected chi connectivity index (χ3v) is 4.22. The van der Waals surface area contributed by atoms with Gasteiger partial charge in [0.15, 0.2) is 10.2 Å². The minimum absolute atomic E-state index is 0.0793. The summed E-state index contributed by atoms with van der Waals surface area (Å²) < 4.78 is 0. The molecule has 0 radical (unpaired) electrons. The Balaban J connectivity index is 1.97. The van der Waals surface area contributed by atoms with Crippen molar-refractivity contribution in [2.24, 2.45) is 5.84 Å². The number of aromatic nitrogens is 1. The Hall–Kier alpha value is -2.36. The first-order chi connectivity index (χ1) is 12.0. The summed E-state index contributed by atoms with van der Waals surface area (Å²) in [5.74, 6) is 4.39. The molecule has 0 fully saturated rings. The number of imide groups is 1. The normalized spacial score (nSPS) is 10.2. The van der Waals surface area contributed by atoms with Crippen LogP contribution in [0.1, 0.15) is 40.6 Å². The molecule has 1 heterocycles. The first-order valence-electron chi connectivity index (χ1n) is 7.71. The van der Waals surface area contributed by atoms with E-state index in [0.717, 1.165) is 19.4 Å². The lowest BCUT2D eigenvalue weighted by molar-refractivity contribution is 0.0612. The van der Waals surface area contributed by atoms with E-state index < -0.39 is 11.8 Å². The zero-order valence-electron chi connectivity index (χ0n) is 13.7. The van der Waals surface area contributed by atoms with Crippen molar-refractivity contribution in [1.29, 1.82) is 0 Å². The van der Waals surface area contributed by atoms with E-state index in [9.17, 15) is 9.59 Å². The molecule has 0 spiro atoms. The predicted octanol–water partition coefficient (Wildman–Crippen LogP) is 2.39. The van der Waals surface area contributed by atoms with Crippen molar-refractivity contribution in [2.45, 2.75) is 19.8 Å². The van der Waals surface area contributed by atoms with Crippen molar-refractivity contribution in [3.8, 4) is 0 Å². The van der Waals surface area contributed by atoms with Crippen LogP contribution in [0.25, 0.3) is 0 Å². The summed E-state index contributed by atoms with van der Waals surface area (Å²) in [6, 6.07) is 8.34. The van der Waals surface area contributed by atoms with Crippen LogP contribution in [0.15, 0.2) is 35.7 Å². The lowest BCUT2D eigenvalue weighted by atomic mass is 10.2. The molecule has 0 unspecified atom stereocenters. The number of amides is 2. The van der Waals surface area contributed by atoms with Gasteiger partial charge in [-0.05, 0) is 30.8 Å². The highest BCUT2D eigenvalue weighted by atomic mass is 32.1. The van der Waals surface area contributed by atoms with Crippen molar-refractivity contribution in [1.82, 2.24) is 15.3 Å². The van der Waals surface area contributed by atoms with Gasteiger partial charge >= 0.3 is 0 Å². The number of hydrogen-bond acceptors (Lipinski definition) is 6. The molecule has 7 nitrogen and oxygen atoms in total. The van der Waals surface area contributed by atoms with E-state index in [1.807, 2.05) is 0 Å². The maximum absolute atomic E-state index is 12.3. The van der Waals surface area contributed by atoms with Crippen LogP contribution in [-0.2, 0) is 0 Å². The highest BCUT2D eigenvalue weighted by molar-refractivity contribution is 7.80. The zero-order chi connectivity index (χ0) is 18.2. The Morgan fingerprint density at radius 2 is 2.00 bits per heavy atom. The molecule has 2 aromatic rings. The molecular formula is C16H19N5O2S2. The molecule has 25 heavy (non-hydrogen) atoms. The third-order valence-electron chi connectivity index (χ3n) is 3.22. The minimum Gasteiger partial charge on any atom is -0.362 e. The van der Waals surface area contributed by atoms with Crippen molar-refractivity contribution < 1.29 is 9.59 Å². The van der Waals surface area contributed by atoms with Crippen molar-refractivity contribution in [3.05, 3.63) is 47.0 Å². The van der Waals surface area contributed by atoms with E-state index in [0.29, 0.717) is 20.8 Å². The second-order valence-electron chi connectivity index (χ2n) is 5.12. The van der Waals surface area contributed by atoms with Crippen LogP contribution >= 0.6 is 23.6 Å². The molecule has 1 aromatic heterocycles. The third kappa shape index (κ3) is 5.31. The molecule has 132 valence electrons. The monoisotopic (exact) mass is 377 g/mol. The van der Waals surface area contributed by atoms with Gasteiger partial charge in [0.2, 0.25) is 0 Å². The molecular weight excluding hydrogens is 358 g/mol. The lowest BCUT2D eigenvalue weighted by Gasteiger charge is -2.13. The molecule has 0 saturated heterocycles. The first kappa shape index (κ1) is 19.0. The SMILES string of the molecule is CCCCNC(=S)Nc1nc(C(=O)N(N)C(=O)c2ccccc2)cs1. The van der Waals surface area contributed by atoms with Crippen molar-refractivity contribution in [3.63, 3.8) is 0 Å². The molecule has 9 heteroatoms. The number of rotatable bonds is 6. The fourth-order valence-electron chi connectivity index (χ4n) is 1.88. The quantitative estimate of drug-likeness (QED) is 0.177. The van der Waals surface area contributed by atoms with Crippen LogP contribution in [-0.4, -0.2) is 33.5 Å². The number of benzene rings is 1. The van der Waals surface area contributed by atoms with Crippen LogP contribution in [0.5, 0.6) is 0 Å². The summed E-state index contributed by atoms with van der Waals surface area (Å²) >= 11 is 6.36. The van der Waals surface area contributed by atoms with Crippen LogP contribution in [0.2, 0.25) is 0 Å². The summed E-state index contributed by atoms with van der Waals surface area (Å²) in [6.45, 7) is 2.85. The fraction of sp³-hybridized carbons (Fsp3) is 0.250. The summed E-state index contributed by atoms with van der Waals surface area (Å²) in [7, 11) is 0. The second kappa shape index (κ2) is 9.21. The Kier molecular flexibility index (Phi) is 6.99. The molecule has 4 N–H and O–H groups in total. The van der Waals surface area contributed by atoms with Gasteiger partial charge in [-0.3, -0.25) is 9.59 Å². The van der Waals surface area contributed by atoms with E-state index in [2.05, 4.69) is 22.5 Å². The van der Waals surface area contributed by atoms with E-state index in [4.69, 9.17) is 18.1 Å². The van der Waals surface area contributed by atoms with E-state index >= 15 is 0 Å². The van der Waals surface area contributed by atoms with Gasteiger partial charge in [0, 0.05) is 17.5 Å². The van der Waals surface area contributed by atoms with Gasteiger partial charge < -0.3 is 10.6 Å². The Labute approximate surface area is 155 Å². The first-order valence-corrected chi connectivity index (χ1v) is 9.00. The van der Waals surface area contributed by atoms with Crippen LogP contribution in [0, 0.1) is 0 Å². The average Bonchev–Trinajstić information content (AvgIpc) is 3.09. The molecule has 0 aliphatic rings. The standard InChI is InChI=1S/C16H19N5O2S2/c1-2-3-9-18-15(24)20-16-19-12(10-25-16)14(23)21(17)13(22)11-7-5-4-6-8-11/h4-8,10H,2-3,9,17H2,1H3,(H2,18,19,20,24). The molecule has 0 atom stereocenters. The summed E-state index contributed by atoms with van der Waals surface area (Å²) in [4.78, 5) is 28.6. The van der Waals surface area contributed by atoms with E-state index in [-0.39, 0.29) is 5.69 Å². The summed E-state index contributed by atoms with van der Waals surface area (Å²) in [5, 5.41) is 8.93. The molecule has 0 aliphatic carbocycles. The topological polar surface area (TPSA) is 100 Å². The molecule has 0 bridgehead atoms. The van der Waals surface area contributed by atoms with Crippen molar-refractivity contribution >= 4 is 45.6 Å². The number of anilines is 1. The Morgan fingerprint density at radius 1 is 1.28 bits per heavy atom. The molecule has 1 aromatic carbocycles. The van der Waals surface area contributed by atoms with Crippen molar-refractivity contribution in [2.75, 3.05) is 11.9 Å². The van der Waals surface area contributed by atoms with Gasteiger partial charge in [0.1, 0.15) is 5.69 Å². The number of nitrogens with zero attached hydrogens (tertiary/aromatic N) is 2. The maximum Gasteiger partial charge on any atom is 0.294 e. The smallest absolute Gasteiger partial charge is 0.294 e. The largest absolute Gasteiger partial charge is 0.362 e. The number of unbranched alkanes of at least 4 members (excludes halogenated alkanes) is 1. The van der Waals surface area contributed by atoms with Gasteiger partial charge in [-0.15, -0.1) is 11.3 Å². The molecule has 2 rings (SSSR count). The van der Waals surface area contributed by atoms with Gasteiger partial charge in [0.05, 0.1) is 0 Å². The maximum atomic E-state index is 12.3. The van der Waals surface area contributed by atoms with Crippen LogP contribution < -0.4 is 16.5 Å². The molecule has 0 aliphatic heterocycles. The highest BCUT2D eigenvalue weighted by Gasteiger charge is 2.23. The lowest BCUT2D eigenvalue weighted by Crippen LogP contribution is -2.42. The Morgan fingerprint density at radius 3 is 2.68 bits per heavy atom. The second-order valence-corrected chi connectivity index (χ2v) is 6.39.